The third-order valence-electron chi connectivity index (χ3n) is 4.85. The first-order valence-corrected chi connectivity index (χ1v) is 8.93. The normalized spacial score (nSPS) is 27.2. The third kappa shape index (κ3) is 2.75. The van der Waals surface area contributed by atoms with Gasteiger partial charge >= 0.3 is 0 Å². The molecule has 1 aromatic rings. The van der Waals surface area contributed by atoms with Gasteiger partial charge < -0.3 is 0 Å². The molecule has 2 heterocycles. The molecule has 0 radical (unpaired) electrons. The number of hydrogen-bond acceptors (Lipinski definition) is 6. The Labute approximate surface area is 137 Å². The first kappa shape index (κ1) is 14.7. The molecule has 1 saturated heterocycles. The fraction of sp³-hybridized carbons (Fsp3) is 0.667. The highest BCUT2D eigenvalue weighted by atomic mass is 32.1. The van der Waals surface area contributed by atoms with Crippen LogP contribution in [0.15, 0.2) is 0 Å². The van der Waals surface area contributed by atoms with Crippen LogP contribution in [-0.4, -0.2) is 39.4 Å². The minimum absolute atomic E-state index is 0.189. The number of fused-ring (bicyclic) bond motifs is 1. The smallest absolute Gasteiger partial charge is 0.246 e. The number of hydrogen-bond donors (Lipinski definition) is 1. The summed E-state index contributed by atoms with van der Waals surface area (Å²) in [6, 6.07) is 0. The van der Waals surface area contributed by atoms with E-state index in [0.29, 0.717) is 11.0 Å². The molecule has 0 spiro atoms. The van der Waals surface area contributed by atoms with E-state index in [9.17, 15) is 14.4 Å². The average molecular weight is 334 g/mol. The number of nitrogens with zero attached hydrogens (tertiary/aromatic N) is 3. The number of likely N-dealkylation sites (tertiary alicyclic amines) is 1. The van der Waals surface area contributed by atoms with Crippen LogP contribution in [0.4, 0.5) is 5.13 Å². The van der Waals surface area contributed by atoms with Gasteiger partial charge in [-0.05, 0) is 25.7 Å². The lowest BCUT2D eigenvalue weighted by molar-refractivity contribution is -0.142. The van der Waals surface area contributed by atoms with Gasteiger partial charge in [-0.1, -0.05) is 24.2 Å². The van der Waals surface area contributed by atoms with E-state index in [-0.39, 0.29) is 36.1 Å². The second-order valence-electron chi connectivity index (χ2n) is 6.53. The standard InChI is InChI=1S/C15H18N4O3S/c20-11(16-15-18-17-12(23-15)8-5-6-8)7-19-13(21)9-3-1-2-4-10(9)14(19)22/h8-10H,1-7H2,(H,16,18,20). The van der Waals surface area contributed by atoms with Crippen molar-refractivity contribution in [2.45, 2.75) is 44.4 Å². The van der Waals surface area contributed by atoms with E-state index in [1.54, 1.807) is 0 Å². The van der Waals surface area contributed by atoms with Crippen molar-refractivity contribution in [3.05, 3.63) is 5.01 Å². The molecule has 3 amide bonds. The molecule has 3 aliphatic rings. The van der Waals surface area contributed by atoms with Crippen LogP contribution in [-0.2, 0) is 14.4 Å². The van der Waals surface area contributed by atoms with E-state index in [4.69, 9.17) is 0 Å². The highest BCUT2D eigenvalue weighted by Crippen LogP contribution is 2.42. The Balaban J connectivity index is 1.39. The Hall–Kier alpha value is -1.83. The number of carbonyl (C=O) groups excluding carboxylic acids is 3. The largest absolute Gasteiger partial charge is 0.299 e. The molecule has 0 bridgehead atoms. The number of carbonyl (C=O) groups is 3. The number of aromatic nitrogens is 2. The summed E-state index contributed by atoms with van der Waals surface area (Å²) in [5.41, 5.74) is 0. The van der Waals surface area contributed by atoms with Gasteiger partial charge in [-0.2, -0.15) is 0 Å². The topological polar surface area (TPSA) is 92.3 Å². The van der Waals surface area contributed by atoms with E-state index >= 15 is 0 Å². The third-order valence-corrected chi connectivity index (χ3v) is 5.85. The molecule has 23 heavy (non-hydrogen) atoms. The lowest BCUT2D eigenvalue weighted by atomic mass is 9.81. The van der Waals surface area contributed by atoms with Gasteiger partial charge in [0.2, 0.25) is 22.9 Å². The fourth-order valence-corrected chi connectivity index (χ4v) is 4.40. The molecule has 2 saturated carbocycles. The molecular weight excluding hydrogens is 316 g/mol. The first-order chi connectivity index (χ1) is 11.1. The van der Waals surface area contributed by atoms with Gasteiger partial charge in [0.05, 0.1) is 11.8 Å². The predicted octanol–water partition coefficient (Wildman–Crippen LogP) is 1.53. The van der Waals surface area contributed by atoms with E-state index in [2.05, 4.69) is 15.5 Å². The minimum Gasteiger partial charge on any atom is -0.299 e. The van der Waals surface area contributed by atoms with Crippen LogP contribution in [0, 0.1) is 11.8 Å². The summed E-state index contributed by atoms with van der Waals surface area (Å²) in [6.45, 7) is -0.219. The van der Waals surface area contributed by atoms with Crippen LogP contribution >= 0.6 is 11.3 Å². The fourth-order valence-electron chi connectivity index (χ4n) is 3.47. The van der Waals surface area contributed by atoms with Crippen molar-refractivity contribution in [3.8, 4) is 0 Å². The zero-order valence-corrected chi connectivity index (χ0v) is 13.5. The maximum absolute atomic E-state index is 12.3. The van der Waals surface area contributed by atoms with Crippen molar-refractivity contribution in [2.75, 3.05) is 11.9 Å². The molecule has 1 N–H and O–H groups in total. The number of anilines is 1. The number of rotatable bonds is 4. The SMILES string of the molecule is O=C(CN1C(=O)C2CCCCC2C1=O)Nc1nnc(C2CC2)s1. The summed E-state index contributed by atoms with van der Waals surface area (Å²) in [6.07, 6.45) is 5.73. The Morgan fingerprint density at radius 3 is 2.35 bits per heavy atom. The second-order valence-corrected chi connectivity index (χ2v) is 7.54. The van der Waals surface area contributed by atoms with Gasteiger partial charge in [0.25, 0.3) is 0 Å². The van der Waals surface area contributed by atoms with E-state index in [1.165, 1.54) is 11.3 Å². The summed E-state index contributed by atoms with van der Waals surface area (Å²) in [5.74, 6) is -0.706. The summed E-state index contributed by atoms with van der Waals surface area (Å²) in [7, 11) is 0. The zero-order valence-electron chi connectivity index (χ0n) is 12.7. The molecular formula is C15H18N4O3S. The van der Waals surface area contributed by atoms with Crippen LogP contribution in [0.25, 0.3) is 0 Å². The molecule has 8 heteroatoms. The Morgan fingerprint density at radius 2 is 1.74 bits per heavy atom. The summed E-state index contributed by atoms with van der Waals surface area (Å²) in [4.78, 5) is 37.9. The highest BCUT2D eigenvalue weighted by Gasteiger charge is 2.48. The lowest BCUT2D eigenvalue weighted by Gasteiger charge is -2.19. The van der Waals surface area contributed by atoms with Gasteiger partial charge in [-0.3, -0.25) is 24.6 Å². The lowest BCUT2D eigenvalue weighted by Crippen LogP contribution is -2.38. The molecule has 122 valence electrons. The van der Waals surface area contributed by atoms with Gasteiger partial charge in [-0.25, -0.2) is 0 Å². The van der Waals surface area contributed by atoms with Gasteiger partial charge in [0.1, 0.15) is 11.6 Å². The van der Waals surface area contributed by atoms with Gasteiger partial charge in [-0.15, -0.1) is 10.2 Å². The molecule has 1 aliphatic heterocycles. The average Bonchev–Trinajstić information content (AvgIpc) is 3.26. The second kappa shape index (κ2) is 5.67. The van der Waals surface area contributed by atoms with Crippen LogP contribution in [0.3, 0.4) is 0 Å². The van der Waals surface area contributed by atoms with Crippen molar-refractivity contribution in [1.82, 2.24) is 15.1 Å². The molecule has 2 atom stereocenters. The van der Waals surface area contributed by atoms with Gasteiger partial charge in [0.15, 0.2) is 0 Å². The van der Waals surface area contributed by atoms with Crippen molar-refractivity contribution in [1.29, 1.82) is 0 Å². The molecule has 2 aliphatic carbocycles. The maximum atomic E-state index is 12.3. The summed E-state index contributed by atoms with van der Waals surface area (Å²) in [5, 5.41) is 12.0. The molecule has 0 aromatic carbocycles. The molecule has 1 aromatic heterocycles. The predicted molar refractivity (Wildman–Crippen MR) is 82.7 cm³/mol. The monoisotopic (exact) mass is 334 g/mol. The van der Waals surface area contributed by atoms with E-state index in [0.717, 1.165) is 48.4 Å². The molecule has 3 fully saturated rings. The molecule has 4 rings (SSSR count). The number of nitrogens with one attached hydrogen (secondary N) is 1. The van der Waals surface area contributed by atoms with Crippen LogP contribution in [0.2, 0.25) is 0 Å². The quantitative estimate of drug-likeness (QED) is 0.843. The minimum atomic E-state index is -0.385. The Bertz CT molecular complexity index is 645. The van der Waals surface area contributed by atoms with Crippen molar-refractivity contribution < 1.29 is 14.4 Å². The number of amides is 3. The highest BCUT2D eigenvalue weighted by molar-refractivity contribution is 7.15. The Kier molecular flexibility index (Phi) is 3.63. The van der Waals surface area contributed by atoms with Crippen molar-refractivity contribution in [2.24, 2.45) is 11.8 Å². The van der Waals surface area contributed by atoms with Gasteiger partial charge in [0, 0.05) is 5.92 Å². The van der Waals surface area contributed by atoms with E-state index in [1.807, 2.05) is 0 Å². The molecule has 2 unspecified atom stereocenters. The maximum Gasteiger partial charge on any atom is 0.246 e. The molecule has 7 nitrogen and oxygen atoms in total. The van der Waals surface area contributed by atoms with Crippen LogP contribution in [0.5, 0.6) is 0 Å². The summed E-state index contributed by atoms with van der Waals surface area (Å²) < 4.78 is 0. The van der Waals surface area contributed by atoms with Crippen LogP contribution in [0.1, 0.15) is 49.5 Å². The van der Waals surface area contributed by atoms with E-state index < -0.39 is 0 Å². The first-order valence-electron chi connectivity index (χ1n) is 8.12. The number of imide groups is 1. The van der Waals surface area contributed by atoms with Crippen molar-refractivity contribution in [3.63, 3.8) is 0 Å². The Morgan fingerprint density at radius 1 is 1.09 bits per heavy atom. The summed E-state index contributed by atoms with van der Waals surface area (Å²) >= 11 is 1.37. The van der Waals surface area contributed by atoms with Crippen LogP contribution < -0.4 is 5.32 Å². The van der Waals surface area contributed by atoms with Crippen molar-refractivity contribution >= 4 is 34.2 Å². The zero-order chi connectivity index (χ0) is 16.0.